The normalized spacial score (nSPS) is 14.7. The van der Waals surface area contributed by atoms with Gasteiger partial charge in [-0.3, -0.25) is 43.2 Å². The van der Waals surface area contributed by atoms with Crippen LogP contribution in [0, 0.1) is 0 Å². The first-order valence-corrected chi connectivity index (χ1v) is 20.9. The third-order valence-electron chi connectivity index (χ3n) is 9.91. The van der Waals surface area contributed by atoms with E-state index in [4.69, 9.17) is 22.9 Å². The number of para-hydroxylation sites is 1. The quantitative estimate of drug-likeness (QED) is 0.0327. The lowest BCUT2D eigenvalue weighted by molar-refractivity contribution is -0.142. The van der Waals surface area contributed by atoms with Crippen LogP contribution in [0.2, 0.25) is 0 Å². The predicted molar refractivity (Wildman–Crippen MR) is 231 cm³/mol. The molecule has 0 spiro atoms. The predicted octanol–water partition coefficient (Wildman–Crippen LogP) is -4.84. The number of carboxylic acid groups (broad SMARTS) is 2. The molecule has 2 rings (SSSR count). The first kappa shape index (κ1) is 54.4. The summed E-state index contributed by atoms with van der Waals surface area (Å²) in [5, 5.41) is 46.5. The van der Waals surface area contributed by atoms with Gasteiger partial charge in [0.15, 0.2) is 0 Å². The number of hydrogen-bond donors (Lipinski definition) is 15. The summed E-state index contributed by atoms with van der Waals surface area (Å²) in [5.41, 5.74) is 23.5. The molecule has 0 saturated carbocycles. The van der Waals surface area contributed by atoms with Gasteiger partial charge in [0.05, 0.1) is 31.5 Å². The van der Waals surface area contributed by atoms with Crippen molar-refractivity contribution in [3.63, 3.8) is 0 Å². The number of carbonyl (C=O) groups excluding carboxylic acids is 8. The number of aromatic nitrogens is 1. The standard InChI is InChI=1S/C40H62N12O13/c1-20(47-38(62)27(16-30(44)54)50-35(59)24(43)10-5-7-13-41)34(58)49-28(17-32(56)57)36(60)46-19-31(55)52-33(21(2)53)39(63)48-26(12-6-8-14-42)37(61)51-29(40(64)65)15-22-18-45-25-11-4-3-9-23(22)25/h3-4,9,11,18,20-21,24,26-29,33,45,53H,5-8,10,12-17,19,41-43H2,1-2H3,(H2,44,54)(H,46,60)(H,47,62)(H,48,63)(H,49,58)(H,50,59)(H,51,61)(H,52,55)(H,56,57)(H,64,65). The van der Waals surface area contributed by atoms with Gasteiger partial charge in [0.1, 0.15) is 36.3 Å². The Hall–Kier alpha value is -6.70. The van der Waals surface area contributed by atoms with Crippen LogP contribution in [0.1, 0.15) is 70.8 Å². The van der Waals surface area contributed by atoms with Crippen molar-refractivity contribution in [1.29, 1.82) is 0 Å². The van der Waals surface area contributed by atoms with Crippen LogP contribution in [0.4, 0.5) is 0 Å². The molecule has 25 heteroatoms. The third-order valence-corrected chi connectivity index (χ3v) is 9.91. The Bertz CT molecular complexity index is 1990. The number of hydrogen-bond acceptors (Lipinski definition) is 14. The molecular formula is C40H62N12O13. The zero-order valence-electron chi connectivity index (χ0n) is 36.2. The Balaban J connectivity index is 2.09. The minimum Gasteiger partial charge on any atom is -0.481 e. The number of aliphatic hydroxyl groups excluding tert-OH is 1. The molecule has 2 aromatic rings. The largest absolute Gasteiger partial charge is 0.481 e. The molecule has 0 fully saturated rings. The van der Waals surface area contributed by atoms with Crippen molar-refractivity contribution in [2.24, 2.45) is 22.9 Å². The third kappa shape index (κ3) is 18.9. The van der Waals surface area contributed by atoms with Crippen LogP contribution >= 0.6 is 0 Å². The van der Waals surface area contributed by atoms with Gasteiger partial charge in [0, 0.05) is 23.5 Å². The molecule has 1 aromatic heterocycles. The number of unbranched alkanes of at least 4 members (excludes halogenated alkanes) is 2. The van der Waals surface area contributed by atoms with E-state index in [1.54, 1.807) is 30.5 Å². The van der Waals surface area contributed by atoms with Crippen molar-refractivity contribution in [3.8, 4) is 0 Å². The summed E-state index contributed by atoms with van der Waals surface area (Å²) in [6, 6.07) is -3.23. The second-order valence-corrected chi connectivity index (χ2v) is 15.3. The van der Waals surface area contributed by atoms with Gasteiger partial charge >= 0.3 is 11.9 Å². The minimum atomic E-state index is -1.82. The van der Waals surface area contributed by atoms with E-state index in [1.807, 2.05) is 0 Å². The molecule has 0 radical (unpaired) electrons. The highest BCUT2D eigenvalue weighted by Gasteiger charge is 2.34. The van der Waals surface area contributed by atoms with E-state index >= 15 is 0 Å². The first-order chi connectivity index (χ1) is 30.7. The number of primary amides is 1. The van der Waals surface area contributed by atoms with Crippen molar-refractivity contribution in [3.05, 3.63) is 36.0 Å². The molecular weight excluding hydrogens is 857 g/mol. The fourth-order valence-electron chi connectivity index (χ4n) is 6.33. The highest BCUT2D eigenvalue weighted by atomic mass is 16.4. The topological polar surface area (TPSA) is 435 Å². The number of nitrogens with two attached hydrogens (primary N) is 4. The average molecular weight is 919 g/mol. The van der Waals surface area contributed by atoms with E-state index in [-0.39, 0.29) is 25.8 Å². The molecule has 19 N–H and O–H groups in total. The van der Waals surface area contributed by atoms with E-state index in [9.17, 15) is 63.3 Å². The van der Waals surface area contributed by atoms with Crippen LogP contribution in [-0.2, 0) is 54.4 Å². The molecule has 0 aliphatic rings. The Morgan fingerprint density at radius 3 is 1.83 bits per heavy atom. The molecule has 0 bridgehead atoms. The van der Waals surface area contributed by atoms with Gasteiger partial charge in [-0.05, 0) is 70.7 Å². The van der Waals surface area contributed by atoms with Gasteiger partial charge < -0.3 is 80.5 Å². The summed E-state index contributed by atoms with van der Waals surface area (Å²) in [6.07, 6.45) is 0.346. The number of rotatable bonds is 30. The van der Waals surface area contributed by atoms with E-state index in [0.29, 0.717) is 37.8 Å². The number of nitrogens with one attached hydrogen (secondary N) is 8. The number of amides is 8. The molecule has 360 valence electrons. The molecule has 65 heavy (non-hydrogen) atoms. The summed E-state index contributed by atoms with van der Waals surface area (Å²) in [5.74, 6) is -10.9. The Kier molecular flexibility index (Phi) is 23.0. The van der Waals surface area contributed by atoms with Gasteiger partial charge in [-0.15, -0.1) is 0 Å². The Labute approximate surface area is 373 Å². The monoisotopic (exact) mass is 918 g/mol. The maximum Gasteiger partial charge on any atom is 0.326 e. The number of carbonyl (C=O) groups is 10. The van der Waals surface area contributed by atoms with Gasteiger partial charge in [-0.2, -0.15) is 0 Å². The van der Waals surface area contributed by atoms with Gasteiger partial charge in [-0.25, -0.2) is 4.79 Å². The molecule has 25 nitrogen and oxygen atoms in total. The number of aromatic amines is 1. The summed E-state index contributed by atoms with van der Waals surface area (Å²) < 4.78 is 0. The highest BCUT2D eigenvalue weighted by molar-refractivity contribution is 5.98. The van der Waals surface area contributed by atoms with E-state index in [2.05, 4.69) is 42.2 Å². The molecule has 8 atom stereocenters. The fraction of sp³-hybridized carbons (Fsp3) is 0.550. The van der Waals surface area contributed by atoms with Gasteiger partial charge in [-0.1, -0.05) is 24.6 Å². The molecule has 0 aliphatic carbocycles. The van der Waals surface area contributed by atoms with E-state index in [0.717, 1.165) is 24.8 Å². The first-order valence-electron chi connectivity index (χ1n) is 20.9. The van der Waals surface area contributed by atoms with Crippen molar-refractivity contribution < 1.29 is 63.3 Å². The van der Waals surface area contributed by atoms with Crippen LogP contribution in [0.15, 0.2) is 30.5 Å². The number of aliphatic carboxylic acids is 2. The van der Waals surface area contributed by atoms with Gasteiger partial charge in [0.2, 0.25) is 47.3 Å². The number of H-pyrrole nitrogens is 1. The average Bonchev–Trinajstić information content (AvgIpc) is 3.65. The summed E-state index contributed by atoms with van der Waals surface area (Å²) >= 11 is 0. The SMILES string of the molecule is CC(NC(=O)C(CC(N)=O)NC(=O)C(N)CCCCN)C(=O)NC(CC(=O)O)C(=O)NCC(=O)NC(C(=O)NC(CCCCN)C(=O)NC(Cc1c[nH]c2ccccc12)C(=O)O)C(C)O. The number of benzene rings is 1. The van der Waals surface area contributed by atoms with Crippen molar-refractivity contribution >= 4 is 70.1 Å². The van der Waals surface area contributed by atoms with Crippen molar-refractivity contribution in [2.45, 2.75) is 120 Å². The molecule has 0 saturated heterocycles. The molecule has 1 heterocycles. The van der Waals surface area contributed by atoms with Crippen molar-refractivity contribution in [1.82, 2.24) is 42.2 Å². The summed E-state index contributed by atoms with van der Waals surface area (Å²) in [6.45, 7) is 2.01. The maximum absolute atomic E-state index is 13.5. The van der Waals surface area contributed by atoms with E-state index in [1.165, 1.54) is 0 Å². The second-order valence-electron chi connectivity index (χ2n) is 15.3. The Morgan fingerprint density at radius 1 is 0.662 bits per heavy atom. The smallest absolute Gasteiger partial charge is 0.326 e. The molecule has 1 aromatic carbocycles. The minimum absolute atomic E-state index is 0.00108. The zero-order valence-corrected chi connectivity index (χ0v) is 36.2. The number of aliphatic hydroxyl groups is 1. The lowest BCUT2D eigenvalue weighted by Gasteiger charge is -2.26. The zero-order chi connectivity index (χ0) is 48.8. The number of carboxylic acids is 2. The molecule has 8 amide bonds. The van der Waals surface area contributed by atoms with Crippen LogP contribution < -0.4 is 60.2 Å². The lowest BCUT2D eigenvalue weighted by atomic mass is 10.0. The lowest BCUT2D eigenvalue weighted by Crippen LogP contribution is -2.59. The van der Waals surface area contributed by atoms with Crippen LogP contribution in [0.5, 0.6) is 0 Å². The summed E-state index contributed by atoms with van der Waals surface area (Å²) in [4.78, 5) is 130. The van der Waals surface area contributed by atoms with Crippen LogP contribution in [0.25, 0.3) is 10.9 Å². The van der Waals surface area contributed by atoms with Crippen LogP contribution in [-0.4, -0.2) is 148 Å². The second kappa shape index (κ2) is 27.5. The van der Waals surface area contributed by atoms with E-state index < -0.39 is 127 Å². The van der Waals surface area contributed by atoms with Crippen LogP contribution in [0.3, 0.4) is 0 Å². The van der Waals surface area contributed by atoms with Gasteiger partial charge in [0.25, 0.3) is 0 Å². The molecule has 8 unspecified atom stereocenters. The number of fused-ring (bicyclic) bond motifs is 1. The summed E-state index contributed by atoms with van der Waals surface area (Å²) in [7, 11) is 0. The Morgan fingerprint density at radius 2 is 1.23 bits per heavy atom. The molecule has 0 aliphatic heterocycles. The highest BCUT2D eigenvalue weighted by Crippen LogP contribution is 2.19. The van der Waals surface area contributed by atoms with Crippen molar-refractivity contribution in [2.75, 3.05) is 19.6 Å². The fourth-order valence-corrected chi connectivity index (χ4v) is 6.33. The maximum atomic E-state index is 13.5.